The number of carbonyl (C=O) groups excluding carboxylic acids is 3. The van der Waals surface area contributed by atoms with E-state index in [1.165, 1.54) is 6.92 Å². The van der Waals surface area contributed by atoms with E-state index in [-0.39, 0.29) is 64.4 Å². The van der Waals surface area contributed by atoms with Gasteiger partial charge in [0.25, 0.3) is 0 Å². The number of esters is 2. The van der Waals surface area contributed by atoms with Gasteiger partial charge >= 0.3 is 11.9 Å². The highest BCUT2D eigenvalue weighted by atomic mass is 16.6. The lowest BCUT2D eigenvalue weighted by Crippen LogP contribution is -2.72. The quantitative estimate of drug-likeness (QED) is 0.402. The van der Waals surface area contributed by atoms with Gasteiger partial charge in [0, 0.05) is 23.7 Å². The van der Waals surface area contributed by atoms with Gasteiger partial charge in [-0.3, -0.25) is 14.4 Å². The van der Waals surface area contributed by atoms with Crippen molar-refractivity contribution in [3.8, 4) is 0 Å². The Hall–Kier alpha value is -1.69. The summed E-state index contributed by atoms with van der Waals surface area (Å²) >= 11 is 0. The van der Waals surface area contributed by atoms with Crippen LogP contribution in [0.5, 0.6) is 0 Å². The molecular formula is C23H28O6. The van der Waals surface area contributed by atoms with Crippen LogP contribution < -0.4 is 0 Å². The highest BCUT2D eigenvalue weighted by molar-refractivity contribution is 6.15. The van der Waals surface area contributed by atoms with Gasteiger partial charge in [-0.25, -0.2) is 0 Å². The molecule has 0 N–H and O–H groups in total. The molecule has 6 fully saturated rings. The molecule has 4 aliphatic carbocycles. The van der Waals surface area contributed by atoms with E-state index in [0.717, 1.165) is 25.7 Å². The minimum atomic E-state index is -1.07. The number of allylic oxidation sites excluding steroid dienone is 1. The molecule has 6 aliphatic rings. The van der Waals surface area contributed by atoms with Crippen molar-refractivity contribution in [3.63, 3.8) is 0 Å². The summed E-state index contributed by atoms with van der Waals surface area (Å²) in [6.45, 7) is 8.58. The first-order valence-electron chi connectivity index (χ1n) is 10.9. The number of hydrogen-bond acceptors (Lipinski definition) is 6. The van der Waals surface area contributed by atoms with Crippen LogP contribution >= 0.6 is 0 Å². The standard InChI is InChI=1S/C23H28O6/c1-11-14-6-13-7-15-18-21(3,9-27-12(2)24)5-4-16-23(18,10-28-15)17(13)22(8-14,19(11)25)20(26)29-16/h13-18H,1,4-10H2,2-3H3. The number of fused-ring (bicyclic) bond motifs is 1. The minimum absolute atomic E-state index is 0.0510. The molecule has 2 saturated heterocycles. The first-order chi connectivity index (χ1) is 13.7. The largest absolute Gasteiger partial charge is 0.465 e. The number of hydrogen-bond donors (Lipinski definition) is 0. The molecule has 0 radical (unpaired) electrons. The van der Waals surface area contributed by atoms with Crippen LogP contribution in [0.25, 0.3) is 0 Å². The SMILES string of the molecule is C=C1C(=O)C23CC1CC1CC4OCC5(C(CCC(C)(COC(C)=O)C45)OC2=O)C13. The third-order valence-electron chi connectivity index (χ3n) is 9.51. The van der Waals surface area contributed by atoms with E-state index in [9.17, 15) is 14.4 Å². The predicted molar refractivity (Wildman–Crippen MR) is 100 cm³/mol. The monoisotopic (exact) mass is 400 g/mol. The number of ether oxygens (including phenoxy) is 3. The van der Waals surface area contributed by atoms with Gasteiger partial charge in [-0.1, -0.05) is 13.5 Å². The van der Waals surface area contributed by atoms with Gasteiger partial charge in [0.15, 0.2) is 5.78 Å². The second kappa shape index (κ2) is 5.32. The van der Waals surface area contributed by atoms with Crippen molar-refractivity contribution in [2.24, 2.45) is 39.9 Å². The van der Waals surface area contributed by atoms with Gasteiger partial charge in [0.1, 0.15) is 11.5 Å². The molecule has 2 heterocycles. The van der Waals surface area contributed by atoms with E-state index in [1.807, 2.05) is 0 Å². The Morgan fingerprint density at radius 1 is 1.28 bits per heavy atom. The van der Waals surface area contributed by atoms with Crippen LogP contribution in [-0.4, -0.2) is 43.1 Å². The third kappa shape index (κ3) is 1.86. The second-order valence-corrected chi connectivity index (χ2v) is 10.7. The highest BCUT2D eigenvalue weighted by Crippen LogP contribution is 2.75. The molecule has 2 spiro atoms. The van der Waals surface area contributed by atoms with Crippen molar-refractivity contribution < 1.29 is 28.6 Å². The summed E-state index contributed by atoms with van der Waals surface area (Å²) in [5, 5.41) is 0. The molecule has 6 rings (SSSR count). The molecule has 0 aromatic heterocycles. The fourth-order valence-electron chi connectivity index (χ4n) is 8.78. The zero-order valence-electron chi connectivity index (χ0n) is 17.1. The smallest absolute Gasteiger partial charge is 0.320 e. The van der Waals surface area contributed by atoms with Gasteiger partial charge in [0.2, 0.25) is 0 Å². The molecule has 6 nitrogen and oxygen atoms in total. The molecule has 9 unspecified atom stereocenters. The van der Waals surface area contributed by atoms with E-state index in [0.29, 0.717) is 25.2 Å². The average molecular weight is 400 g/mol. The molecule has 6 heteroatoms. The molecule has 9 atom stereocenters. The van der Waals surface area contributed by atoms with Crippen LogP contribution in [0.3, 0.4) is 0 Å². The van der Waals surface area contributed by atoms with E-state index in [2.05, 4.69) is 13.5 Å². The summed E-state index contributed by atoms with van der Waals surface area (Å²) in [7, 11) is 0. The highest BCUT2D eigenvalue weighted by Gasteiger charge is 2.81. The Bertz CT molecular complexity index is 863. The van der Waals surface area contributed by atoms with Gasteiger partial charge in [-0.2, -0.15) is 0 Å². The Balaban J connectivity index is 1.52. The van der Waals surface area contributed by atoms with E-state index in [1.54, 1.807) is 0 Å². The lowest BCUT2D eigenvalue weighted by atomic mass is 9.38. The van der Waals surface area contributed by atoms with Crippen LogP contribution in [0.1, 0.15) is 46.0 Å². The molecule has 4 bridgehead atoms. The molecule has 29 heavy (non-hydrogen) atoms. The Morgan fingerprint density at radius 2 is 2.07 bits per heavy atom. The van der Waals surface area contributed by atoms with Crippen molar-refractivity contribution in [1.82, 2.24) is 0 Å². The Morgan fingerprint density at radius 3 is 2.83 bits per heavy atom. The Kier molecular flexibility index (Phi) is 3.32. The van der Waals surface area contributed by atoms with Crippen LogP contribution in [-0.2, 0) is 28.6 Å². The number of rotatable bonds is 2. The lowest BCUT2D eigenvalue weighted by Gasteiger charge is -2.66. The fraction of sp³-hybridized carbons (Fsp3) is 0.783. The van der Waals surface area contributed by atoms with Crippen molar-refractivity contribution in [3.05, 3.63) is 12.2 Å². The summed E-state index contributed by atoms with van der Waals surface area (Å²) in [6, 6.07) is 0. The summed E-state index contributed by atoms with van der Waals surface area (Å²) in [5.41, 5.74) is -1.05. The van der Waals surface area contributed by atoms with Crippen LogP contribution in [0.2, 0.25) is 0 Å². The zero-order chi connectivity index (χ0) is 20.3. The van der Waals surface area contributed by atoms with Crippen molar-refractivity contribution in [2.45, 2.75) is 58.2 Å². The third-order valence-corrected chi connectivity index (χ3v) is 9.51. The topological polar surface area (TPSA) is 78.9 Å². The number of ketones is 1. The molecule has 0 amide bonds. The summed E-state index contributed by atoms with van der Waals surface area (Å²) in [6.07, 6.45) is 3.74. The zero-order valence-corrected chi connectivity index (χ0v) is 17.1. The number of carbonyl (C=O) groups is 3. The lowest BCUT2D eigenvalue weighted by molar-refractivity contribution is -0.255. The van der Waals surface area contributed by atoms with Gasteiger partial charge in [0.05, 0.1) is 19.3 Å². The van der Waals surface area contributed by atoms with Crippen LogP contribution in [0.4, 0.5) is 0 Å². The normalized spacial score (nSPS) is 54.1. The van der Waals surface area contributed by atoms with E-state index < -0.39 is 5.41 Å². The second-order valence-electron chi connectivity index (χ2n) is 10.7. The minimum Gasteiger partial charge on any atom is -0.465 e. The average Bonchev–Trinajstić information content (AvgIpc) is 3.08. The van der Waals surface area contributed by atoms with Crippen LogP contribution in [0.15, 0.2) is 12.2 Å². The molecule has 4 saturated carbocycles. The van der Waals surface area contributed by atoms with Crippen LogP contribution in [0, 0.1) is 39.9 Å². The molecule has 0 aromatic carbocycles. The van der Waals surface area contributed by atoms with Gasteiger partial charge in [-0.05, 0) is 55.4 Å². The van der Waals surface area contributed by atoms with Gasteiger partial charge < -0.3 is 14.2 Å². The maximum Gasteiger partial charge on any atom is 0.320 e. The first-order valence-corrected chi connectivity index (χ1v) is 10.9. The van der Waals surface area contributed by atoms with E-state index >= 15 is 0 Å². The molecule has 156 valence electrons. The number of Topliss-reactive ketones (excluding diaryl/α,β-unsaturated/α-hetero) is 1. The maximum atomic E-state index is 13.4. The summed E-state index contributed by atoms with van der Waals surface area (Å²) < 4.78 is 18.0. The summed E-state index contributed by atoms with van der Waals surface area (Å²) in [5.74, 6) is -0.221. The molecular weight excluding hydrogens is 372 g/mol. The van der Waals surface area contributed by atoms with Crippen molar-refractivity contribution >= 4 is 17.7 Å². The van der Waals surface area contributed by atoms with Gasteiger partial charge in [-0.15, -0.1) is 0 Å². The van der Waals surface area contributed by atoms with Crippen molar-refractivity contribution in [1.29, 1.82) is 0 Å². The first kappa shape index (κ1) is 18.1. The fourth-order valence-corrected chi connectivity index (χ4v) is 8.78. The van der Waals surface area contributed by atoms with E-state index in [4.69, 9.17) is 14.2 Å². The Labute approximate surface area is 170 Å². The molecule has 2 aliphatic heterocycles. The van der Waals surface area contributed by atoms with Crippen molar-refractivity contribution in [2.75, 3.05) is 13.2 Å². The predicted octanol–water partition coefficient (Wildman–Crippen LogP) is 2.45. The maximum absolute atomic E-state index is 13.4. The summed E-state index contributed by atoms with van der Waals surface area (Å²) in [4.78, 5) is 38.4. The molecule has 0 aromatic rings.